The molecule has 19 heteroatoms. The molecule has 7 heterocycles. The number of hydrogen-bond acceptors (Lipinski definition) is 11. The molecule has 4 aliphatic heterocycles. The molecule has 338 valence electrons. The van der Waals surface area contributed by atoms with Gasteiger partial charge in [-0.2, -0.15) is 10.1 Å². The number of carbonyl (C=O) groups excluding carboxylic acids is 2. The highest BCUT2D eigenvalue weighted by molar-refractivity contribution is 6.33. The van der Waals surface area contributed by atoms with Gasteiger partial charge in [0, 0.05) is 57.0 Å². The van der Waals surface area contributed by atoms with Gasteiger partial charge in [-0.1, -0.05) is 18.5 Å². The van der Waals surface area contributed by atoms with Gasteiger partial charge in [0.1, 0.15) is 16.7 Å². The first-order valence-corrected chi connectivity index (χ1v) is 22.4. The average Bonchev–Trinajstić information content (AvgIpc) is 4.07. The fourth-order valence-corrected chi connectivity index (χ4v) is 10.4. The smallest absolute Gasteiger partial charge is 0.301 e. The van der Waals surface area contributed by atoms with Crippen molar-refractivity contribution in [1.82, 2.24) is 34.5 Å². The van der Waals surface area contributed by atoms with Crippen LogP contribution in [0.5, 0.6) is 5.75 Å². The summed E-state index contributed by atoms with van der Waals surface area (Å²) in [6.07, 6.45) is 5.79. The third-order valence-electron chi connectivity index (χ3n) is 14.1. The molecule has 4 fully saturated rings. The standard InChI is InChI=1S/C45H49ClF4N10O4/c1-22-19-60(13-10-25(22)20-59-11-8-23(9-12-59)27-16-35-28(14-31(27)47)37(56-58(35)3)26-6-7-36(61)53-42(26)62)44-51-18-30(46)41(55-44)52-33-15-29-34(17-32(33)48)57(2)43(63)39-38(29)54-40(24-4-5-24)45(49,50)21-64-39/h14-18,22-26,40,54H,4-13,19-21H2,1-3H3,(H,51,52,55)(H,53,61,62)/t22-,25-,26?,40-/m0/s1. The quantitative estimate of drug-likeness (QED) is 0.109. The predicted octanol–water partition coefficient (Wildman–Crippen LogP) is 6.97. The predicted molar refractivity (Wildman–Crippen MR) is 234 cm³/mol. The second-order valence-corrected chi connectivity index (χ2v) is 18.8. The third kappa shape index (κ3) is 7.69. The molecule has 5 aromatic rings. The van der Waals surface area contributed by atoms with Gasteiger partial charge in [0.05, 0.1) is 46.3 Å². The first-order chi connectivity index (χ1) is 30.6. The van der Waals surface area contributed by atoms with E-state index < -0.39 is 41.8 Å². The minimum absolute atomic E-state index is 0.0179. The number of anilines is 4. The zero-order valence-electron chi connectivity index (χ0n) is 35.7. The molecule has 4 atom stereocenters. The van der Waals surface area contributed by atoms with Crippen molar-refractivity contribution in [1.29, 1.82) is 0 Å². The third-order valence-corrected chi connectivity index (χ3v) is 14.4. The van der Waals surface area contributed by atoms with Crippen LogP contribution in [0.4, 0.5) is 40.7 Å². The Hall–Kier alpha value is -5.49. The minimum atomic E-state index is -3.22. The Kier molecular flexibility index (Phi) is 10.7. The molecule has 3 saturated heterocycles. The van der Waals surface area contributed by atoms with Gasteiger partial charge in [-0.25, -0.2) is 22.5 Å². The Morgan fingerprint density at radius 1 is 0.953 bits per heavy atom. The van der Waals surface area contributed by atoms with Crippen molar-refractivity contribution in [3.8, 4) is 5.75 Å². The molecule has 0 bridgehead atoms. The van der Waals surface area contributed by atoms with E-state index in [0.29, 0.717) is 66.2 Å². The van der Waals surface area contributed by atoms with Crippen molar-refractivity contribution in [2.24, 2.45) is 31.8 Å². The lowest BCUT2D eigenvalue weighted by molar-refractivity contribution is -0.134. The summed E-state index contributed by atoms with van der Waals surface area (Å²) in [5.74, 6) is -4.70. The van der Waals surface area contributed by atoms with Crippen LogP contribution in [0.25, 0.3) is 21.8 Å². The molecular formula is C45H49ClF4N10O4. The highest BCUT2D eigenvalue weighted by Gasteiger charge is 2.51. The number of hydrogen-bond donors (Lipinski definition) is 3. The Morgan fingerprint density at radius 3 is 2.47 bits per heavy atom. The first-order valence-electron chi connectivity index (χ1n) is 22.0. The number of aromatic nitrogens is 5. The highest BCUT2D eigenvalue weighted by Crippen LogP contribution is 2.46. The van der Waals surface area contributed by atoms with Crippen molar-refractivity contribution in [3.05, 3.63) is 68.7 Å². The monoisotopic (exact) mass is 904 g/mol. The van der Waals surface area contributed by atoms with Crippen molar-refractivity contribution in [3.63, 3.8) is 0 Å². The number of amides is 2. The van der Waals surface area contributed by atoms with Gasteiger partial charge in [-0.05, 0) is 99.0 Å². The lowest BCUT2D eigenvalue weighted by atomic mass is 9.84. The van der Waals surface area contributed by atoms with Crippen LogP contribution in [0.15, 0.2) is 35.3 Å². The number of alkyl halides is 2. The summed E-state index contributed by atoms with van der Waals surface area (Å²) in [5.41, 5.74) is 1.57. The van der Waals surface area contributed by atoms with Crippen molar-refractivity contribution in [2.75, 3.05) is 54.9 Å². The summed E-state index contributed by atoms with van der Waals surface area (Å²) in [6, 6.07) is 4.79. The molecule has 5 aliphatic rings. The van der Waals surface area contributed by atoms with E-state index in [-0.39, 0.29) is 69.4 Å². The van der Waals surface area contributed by atoms with E-state index in [1.807, 2.05) is 6.07 Å². The SMILES string of the molecule is C[C@H]1CN(c2ncc(Cl)c(Nc3cc4c5c(c(=O)n(C)c4cc3F)OCC(F)(F)[C@H](C3CC3)N5)n2)CC[C@H]1CN1CCC(c2cc3c(cc2F)c(C2CCC(=O)NC2=O)nn3C)CC1. The van der Waals surface area contributed by atoms with Gasteiger partial charge in [-0.15, -0.1) is 0 Å². The van der Waals surface area contributed by atoms with E-state index in [1.54, 1.807) is 11.7 Å². The van der Waals surface area contributed by atoms with Crippen LogP contribution in [0.3, 0.4) is 0 Å². The normalized spacial score (nSPS) is 24.3. The van der Waals surface area contributed by atoms with Crippen LogP contribution >= 0.6 is 11.6 Å². The largest absolute Gasteiger partial charge is 0.480 e. The number of piperidine rings is 3. The number of halogens is 5. The number of benzene rings is 2. The minimum Gasteiger partial charge on any atom is -0.480 e. The van der Waals surface area contributed by atoms with Gasteiger partial charge in [0.25, 0.3) is 5.56 Å². The molecule has 10 rings (SSSR count). The molecule has 1 aliphatic carbocycles. The summed E-state index contributed by atoms with van der Waals surface area (Å²) >= 11 is 6.58. The molecule has 3 aromatic heterocycles. The summed E-state index contributed by atoms with van der Waals surface area (Å²) in [5, 5.41) is 14.0. The van der Waals surface area contributed by atoms with Gasteiger partial charge in [-0.3, -0.25) is 24.4 Å². The van der Waals surface area contributed by atoms with E-state index in [0.717, 1.165) is 44.4 Å². The number of aryl methyl sites for hydroxylation is 2. The summed E-state index contributed by atoms with van der Waals surface area (Å²) < 4.78 is 70.4. The highest BCUT2D eigenvalue weighted by atomic mass is 35.5. The lowest BCUT2D eigenvalue weighted by Crippen LogP contribution is -2.45. The Morgan fingerprint density at radius 2 is 1.73 bits per heavy atom. The number of nitrogens with zero attached hydrogens (tertiary/aromatic N) is 7. The van der Waals surface area contributed by atoms with Crippen molar-refractivity contribution >= 4 is 68.4 Å². The topological polar surface area (TPSA) is 152 Å². The van der Waals surface area contributed by atoms with Gasteiger partial charge >= 0.3 is 5.92 Å². The van der Waals surface area contributed by atoms with E-state index in [9.17, 15) is 14.4 Å². The van der Waals surface area contributed by atoms with E-state index in [2.05, 4.69) is 42.8 Å². The number of imide groups is 1. The Labute approximate surface area is 370 Å². The molecule has 64 heavy (non-hydrogen) atoms. The lowest BCUT2D eigenvalue weighted by Gasteiger charge is -2.41. The second-order valence-electron chi connectivity index (χ2n) is 18.4. The van der Waals surface area contributed by atoms with Crippen LogP contribution < -0.4 is 31.1 Å². The van der Waals surface area contributed by atoms with Crippen LogP contribution in [0.1, 0.15) is 75.0 Å². The van der Waals surface area contributed by atoms with Crippen molar-refractivity contribution in [2.45, 2.75) is 75.7 Å². The number of fused-ring (bicyclic) bond motifs is 4. The van der Waals surface area contributed by atoms with Crippen LogP contribution in [-0.4, -0.2) is 92.3 Å². The zero-order chi connectivity index (χ0) is 44.8. The molecule has 0 spiro atoms. The number of nitrogens with one attached hydrogen (secondary N) is 3. The Balaban J connectivity index is 0.794. The number of carbonyl (C=O) groups is 2. The maximum absolute atomic E-state index is 15.8. The molecule has 2 aromatic carbocycles. The van der Waals surface area contributed by atoms with E-state index >= 15 is 17.6 Å². The van der Waals surface area contributed by atoms with Crippen molar-refractivity contribution < 1.29 is 31.9 Å². The number of pyridine rings is 1. The van der Waals surface area contributed by atoms with Gasteiger partial charge in [0.2, 0.25) is 23.5 Å². The maximum atomic E-state index is 15.8. The second kappa shape index (κ2) is 16.2. The van der Waals surface area contributed by atoms with Crippen LogP contribution in [0, 0.1) is 29.4 Å². The summed E-state index contributed by atoms with van der Waals surface area (Å²) in [7, 11) is 3.24. The fraction of sp³-hybridized carbons (Fsp3) is 0.511. The molecular weight excluding hydrogens is 856 g/mol. The first kappa shape index (κ1) is 42.5. The van der Waals surface area contributed by atoms with Crippen LogP contribution in [-0.2, 0) is 23.7 Å². The maximum Gasteiger partial charge on any atom is 0.301 e. The van der Waals surface area contributed by atoms with Gasteiger partial charge in [0.15, 0.2) is 12.4 Å². The van der Waals surface area contributed by atoms with E-state index in [4.69, 9.17) is 21.3 Å². The zero-order valence-corrected chi connectivity index (χ0v) is 36.5. The molecule has 1 unspecified atom stereocenters. The number of ether oxygens (including phenoxy) is 1. The average molecular weight is 905 g/mol. The fourth-order valence-electron chi connectivity index (χ4n) is 10.3. The molecule has 0 radical (unpaired) electrons. The molecule has 3 N–H and O–H groups in total. The van der Waals surface area contributed by atoms with E-state index in [1.165, 1.54) is 36.0 Å². The molecule has 2 amide bonds. The van der Waals surface area contributed by atoms with Crippen LogP contribution in [0.2, 0.25) is 5.02 Å². The summed E-state index contributed by atoms with van der Waals surface area (Å²) in [4.78, 5) is 51.4. The number of rotatable bonds is 8. The molecule has 1 saturated carbocycles. The number of likely N-dealkylation sites (tertiary alicyclic amines) is 1. The molecule has 14 nitrogen and oxygen atoms in total. The Bertz CT molecular complexity index is 2770. The van der Waals surface area contributed by atoms with Gasteiger partial charge < -0.3 is 29.7 Å². The summed E-state index contributed by atoms with van der Waals surface area (Å²) in [6.45, 7) is 5.21.